The Morgan fingerprint density at radius 3 is 2.88 bits per heavy atom. The molecule has 1 aliphatic rings. The summed E-state index contributed by atoms with van der Waals surface area (Å²) in [6, 6.07) is 7.49. The van der Waals surface area contributed by atoms with Gasteiger partial charge in [0.25, 0.3) is 5.91 Å². The summed E-state index contributed by atoms with van der Waals surface area (Å²) in [4.78, 5) is 14.8. The van der Waals surface area contributed by atoms with Gasteiger partial charge >= 0.3 is 0 Å². The average Bonchev–Trinajstić information content (AvgIpc) is 2.73. The van der Waals surface area contributed by atoms with Gasteiger partial charge in [0.05, 0.1) is 12.1 Å². The SMILES string of the molecule is CC1OCCC1N(C)C(=O)c1cccc(S)c1. The van der Waals surface area contributed by atoms with Crippen molar-refractivity contribution in [2.75, 3.05) is 13.7 Å². The summed E-state index contributed by atoms with van der Waals surface area (Å²) in [5.41, 5.74) is 0.680. The molecular weight excluding hydrogens is 234 g/mol. The van der Waals surface area contributed by atoms with Crippen LogP contribution in [0.2, 0.25) is 0 Å². The Balaban J connectivity index is 2.14. The molecular formula is C13H17NO2S. The summed E-state index contributed by atoms with van der Waals surface area (Å²) in [5.74, 6) is 0.0308. The van der Waals surface area contributed by atoms with Gasteiger partial charge in [-0.1, -0.05) is 6.07 Å². The molecule has 1 heterocycles. The topological polar surface area (TPSA) is 29.5 Å². The fourth-order valence-corrected chi connectivity index (χ4v) is 2.45. The van der Waals surface area contributed by atoms with Gasteiger partial charge < -0.3 is 9.64 Å². The molecule has 1 saturated heterocycles. The lowest BCUT2D eigenvalue weighted by Gasteiger charge is -2.26. The first-order chi connectivity index (χ1) is 8.09. The summed E-state index contributed by atoms with van der Waals surface area (Å²) < 4.78 is 5.49. The summed E-state index contributed by atoms with van der Waals surface area (Å²) in [6.45, 7) is 2.74. The number of hydrogen-bond acceptors (Lipinski definition) is 3. The van der Waals surface area contributed by atoms with Crippen molar-refractivity contribution < 1.29 is 9.53 Å². The smallest absolute Gasteiger partial charge is 0.253 e. The van der Waals surface area contributed by atoms with Gasteiger partial charge in [-0.2, -0.15) is 0 Å². The van der Waals surface area contributed by atoms with Gasteiger partial charge in [-0.3, -0.25) is 4.79 Å². The number of benzene rings is 1. The Morgan fingerprint density at radius 1 is 1.53 bits per heavy atom. The van der Waals surface area contributed by atoms with Gasteiger partial charge in [0.2, 0.25) is 0 Å². The number of thiol groups is 1. The second kappa shape index (κ2) is 5.10. The van der Waals surface area contributed by atoms with E-state index in [-0.39, 0.29) is 18.1 Å². The predicted molar refractivity (Wildman–Crippen MR) is 69.6 cm³/mol. The van der Waals surface area contributed by atoms with Crippen LogP contribution in [0.5, 0.6) is 0 Å². The van der Waals surface area contributed by atoms with Crippen molar-refractivity contribution in [2.45, 2.75) is 30.4 Å². The summed E-state index contributed by atoms with van der Waals surface area (Å²) >= 11 is 4.25. The van der Waals surface area contributed by atoms with Crippen LogP contribution < -0.4 is 0 Å². The van der Waals surface area contributed by atoms with Gasteiger partial charge in [-0.15, -0.1) is 12.6 Å². The molecule has 0 saturated carbocycles. The first-order valence-corrected chi connectivity index (χ1v) is 6.22. The van der Waals surface area contributed by atoms with Gasteiger partial charge in [0.1, 0.15) is 0 Å². The molecule has 17 heavy (non-hydrogen) atoms. The molecule has 0 spiro atoms. The van der Waals surface area contributed by atoms with E-state index in [0.29, 0.717) is 5.56 Å². The van der Waals surface area contributed by atoms with Gasteiger partial charge in [-0.25, -0.2) is 0 Å². The van der Waals surface area contributed by atoms with Gasteiger partial charge in [-0.05, 0) is 31.5 Å². The molecule has 4 heteroatoms. The zero-order valence-electron chi connectivity index (χ0n) is 10.1. The van der Waals surface area contributed by atoms with Crippen molar-refractivity contribution in [1.82, 2.24) is 4.90 Å². The lowest BCUT2D eigenvalue weighted by molar-refractivity contribution is 0.0574. The monoisotopic (exact) mass is 251 g/mol. The maximum atomic E-state index is 12.3. The van der Waals surface area contributed by atoms with E-state index in [0.717, 1.165) is 17.9 Å². The Labute approximate surface area is 107 Å². The maximum absolute atomic E-state index is 12.3. The zero-order chi connectivity index (χ0) is 12.4. The van der Waals surface area contributed by atoms with Crippen LogP contribution >= 0.6 is 12.6 Å². The fourth-order valence-electron chi connectivity index (χ4n) is 2.22. The van der Waals surface area contributed by atoms with Crippen molar-refractivity contribution in [3.05, 3.63) is 29.8 Å². The highest BCUT2D eigenvalue weighted by molar-refractivity contribution is 7.80. The highest BCUT2D eigenvalue weighted by Crippen LogP contribution is 2.20. The molecule has 0 bridgehead atoms. The van der Waals surface area contributed by atoms with E-state index in [4.69, 9.17) is 4.74 Å². The normalized spacial score (nSPS) is 23.7. The van der Waals surface area contributed by atoms with Crippen molar-refractivity contribution in [3.8, 4) is 0 Å². The number of amides is 1. The number of ether oxygens (including phenoxy) is 1. The highest BCUT2D eigenvalue weighted by Gasteiger charge is 2.30. The minimum absolute atomic E-state index is 0.0308. The van der Waals surface area contributed by atoms with Crippen LogP contribution in [0, 0.1) is 0 Å². The Hall–Kier alpha value is -1.00. The van der Waals surface area contributed by atoms with Crippen LogP contribution in [0.1, 0.15) is 23.7 Å². The molecule has 1 amide bonds. The fraction of sp³-hybridized carbons (Fsp3) is 0.462. The van der Waals surface area contributed by atoms with E-state index in [2.05, 4.69) is 12.6 Å². The molecule has 2 atom stereocenters. The largest absolute Gasteiger partial charge is 0.376 e. The third kappa shape index (κ3) is 2.64. The number of rotatable bonds is 2. The van der Waals surface area contributed by atoms with E-state index in [1.807, 2.05) is 32.2 Å². The molecule has 2 rings (SSSR count). The van der Waals surface area contributed by atoms with Gasteiger partial charge in [0, 0.05) is 24.1 Å². The van der Waals surface area contributed by atoms with Crippen LogP contribution in [0.4, 0.5) is 0 Å². The van der Waals surface area contributed by atoms with Crippen molar-refractivity contribution in [1.29, 1.82) is 0 Å². The standard InChI is InChI=1S/C13H17NO2S/c1-9-12(6-7-16-9)14(2)13(15)10-4-3-5-11(17)8-10/h3-5,8-9,12,17H,6-7H2,1-2H3. The lowest BCUT2D eigenvalue weighted by atomic mass is 10.1. The zero-order valence-corrected chi connectivity index (χ0v) is 11.0. The first kappa shape index (κ1) is 12.5. The molecule has 1 fully saturated rings. The number of nitrogens with zero attached hydrogens (tertiary/aromatic N) is 1. The molecule has 2 unspecified atom stereocenters. The lowest BCUT2D eigenvalue weighted by Crippen LogP contribution is -2.40. The van der Waals surface area contributed by atoms with Crippen LogP contribution in [0.25, 0.3) is 0 Å². The number of likely N-dealkylation sites (N-methyl/N-ethyl adjacent to an activating group) is 1. The van der Waals surface area contributed by atoms with E-state index in [1.165, 1.54) is 0 Å². The summed E-state index contributed by atoms with van der Waals surface area (Å²) in [6.07, 6.45) is 1.02. The second-order valence-electron chi connectivity index (χ2n) is 4.40. The van der Waals surface area contributed by atoms with Crippen molar-refractivity contribution >= 4 is 18.5 Å². The van der Waals surface area contributed by atoms with Crippen molar-refractivity contribution in [2.24, 2.45) is 0 Å². The molecule has 1 aliphatic heterocycles. The number of carbonyl (C=O) groups excluding carboxylic acids is 1. The van der Waals surface area contributed by atoms with E-state index in [9.17, 15) is 4.79 Å². The quantitative estimate of drug-likeness (QED) is 0.817. The van der Waals surface area contributed by atoms with Crippen molar-refractivity contribution in [3.63, 3.8) is 0 Å². The molecule has 0 aliphatic carbocycles. The minimum Gasteiger partial charge on any atom is -0.376 e. The molecule has 1 aromatic carbocycles. The van der Waals surface area contributed by atoms with E-state index in [1.54, 1.807) is 11.0 Å². The Bertz CT molecular complexity index is 422. The summed E-state index contributed by atoms with van der Waals surface area (Å²) in [7, 11) is 1.84. The average molecular weight is 251 g/mol. The van der Waals surface area contributed by atoms with E-state index < -0.39 is 0 Å². The van der Waals surface area contributed by atoms with Crippen LogP contribution in [-0.2, 0) is 4.74 Å². The maximum Gasteiger partial charge on any atom is 0.253 e. The molecule has 0 N–H and O–H groups in total. The molecule has 92 valence electrons. The van der Waals surface area contributed by atoms with E-state index >= 15 is 0 Å². The van der Waals surface area contributed by atoms with Gasteiger partial charge in [0.15, 0.2) is 0 Å². The third-order valence-electron chi connectivity index (χ3n) is 3.25. The molecule has 0 aromatic heterocycles. The number of hydrogen-bond donors (Lipinski definition) is 1. The van der Waals surface area contributed by atoms with Crippen LogP contribution in [0.15, 0.2) is 29.2 Å². The molecule has 0 radical (unpaired) electrons. The van der Waals surface area contributed by atoms with Crippen LogP contribution in [0.3, 0.4) is 0 Å². The third-order valence-corrected chi connectivity index (χ3v) is 3.53. The Kier molecular flexibility index (Phi) is 3.74. The Morgan fingerprint density at radius 2 is 2.29 bits per heavy atom. The molecule has 1 aromatic rings. The van der Waals surface area contributed by atoms with Crippen LogP contribution in [-0.4, -0.2) is 36.6 Å². The highest BCUT2D eigenvalue weighted by atomic mass is 32.1. The second-order valence-corrected chi connectivity index (χ2v) is 4.91. The summed E-state index contributed by atoms with van der Waals surface area (Å²) in [5, 5.41) is 0. The predicted octanol–water partition coefficient (Wildman–Crippen LogP) is 2.22. The first-order valence-electron chi connectivity index (χ1n) is 5.77. The minimum atomic E-state index is 0.0308. The number of carbonyl (C=O) groups is 1. The molecule has 3 nitrogen and oxygen atoms in total.